The molecule has 0 aromatic carbocycles. The van der Waals surface area contributed by atoms with Crippen LogP contribution in [0.4, 0.5) is 0 Å². The predicted octanol–water partition coefficient (Wildman–Crippen LogP) is 2.56. The van der Waals surface area contributed by atoms with Crippen LogP contribution in [0.3, 0.4) is 0 Å². The molecule has 3 fully saturated rings. The lowest BCUT2D eigenvalue weighted by atomic mass is 9.64. The third-order valence-corrected chi connectivity index (χ3v) is 4.47. The Morgan fingerprint density at radius 1 is 1.40 bits per heavy atom. The zero-order chi connectivity index (χ0) is 10.8. The third-order valence-electron chi connectivity index (χ3n) is 4.00. The predicted molar refractivity (Wildman–Crippen MR) is 61.9 cm³/mol. The highest BCUT2D eigenvalue weighted by Crippen LogP contribution is 2.44. The van der Waals surface area contributed by atoms with E-state index in [1.807, 2.05) is 6.92 Å². The first-order valence-corrected chi connectivity index (χ1v) is 6.60. The van der Waals surface area contributed by atoms with Crippen LogP contribution >= 0.6 is 11.6 Å². The molecular formula is C12H20ClNO. The molecule has 15 heavy (non-hydrogen) atoms. The van der Waals surface area contributed by atoms with Crippen LogP contribution in [-0.4, -0.2) is 17.8 Å². The van der Waals surface area contributed by atoms with Crippen LogP contribution in [0.25, 0.3) is 0 Å². The van der Waals surface area contributed by atoms with Gasteiger partial charge in [-0.3, -0.25) is 4.79 Å². The van der Waals surface area contributed by atoms with E-state index in [9.17, 15) is 4.79 Å². The summed E-state index contributed by atoms with van der Waals surface area (Å²) in [5, 5.41) is 3.01. The molecule has 86 valence electrons. The minimum atomic E-state index is 0.111. The second-order valence-corrected chi connectivity index (χ2v) is 5.50. The Bertz CT molecular complexity index is 236. The largest absolute Gasteiger partial charge is 0.352 e. The summed E-state index contributed by atoms with van der Waals surface area (Å²) >= 11 is 5.70. The number of alkyl halides is 1. The topological polar surface area (TPSA) is 29.1 Å². The minimum absolute atomic E-state index is 0.111. The molecule has 1 N–H and O–H groups in total. The van der Waals surface area contributed by atoms with Crippen molar-refractivity contribution in [2.24, 2.45) is 17.8 Å². The van der Waals surface area contributed by atoms with Gasteiger partial charge >= 0.3 is 0 Å². The van der Waals surface area contributed by atoms with Crippen molar-refractivity contribution in [1.82, 2.24) is 5.32 Å². The first-order valence-electron chi connectivity index (χ1n) is 6.07. The van der Waals surface area contributed by atoms with Crippen LogP contribution in [0.15, 0.2) is 0 Å². The Morgan fingerprint density at radius 2 is 2.07 bits per heavy atom. The van der Waals surface area contributed by atoms with Gasteiger partial charge in [0.25, 0.3) is 0 Å². The van der Waals surface area contributed by atoms with Gasteiger partial charge in [-0.05, 0) is 38.0 Å². The van der Waals surface area contributed by atoms with Crippen molar-refractivity contribution in [3.8, 4) is 0 Å². The van der Waals surface area contributed by atoms with Gasteiger partial charge in [-0.2, -0.15) is 0 Å². The van der Waals surface area contributed by atoms with E-state index in [-0.39, 0.29) is 17.9 Å². The summed E-state index contributed by atoms with van der Waals surface area (Å²) in [6.07, 6.45) is 6.33. The standard InChI is InChI=1S/C12H20ClNO/c1-8(7-13)14-12(15)11-6-9-2-4-10(11)5-3-9/h8-11H,2-7H2,1H3,(H,14,15). The van der Waals surface area contributed by atoms with Gasteiger partial charge in [0, 0.05) is 17.8 Å². The highest BCUT2D eigenvalue weighted by molar-refractivity contribution is 6.18. The van der Waals surface area contributed by atoms with E-state index in [0.29, 0.717) is 11.8 Å². The molecule has 0 spiro atoms. The van der Waals surface area contributed by atoms with Crippen LogP contribution in [0.1, 0.15) is 39.0 Å². The smallest absolute Gasteiger partial charge is 0.223 e. The van der Waals surface area contributed by atoms with E-state index in [0.717, 1.165) is 12.3 Å². The molecular weight excluding hydrogens is 210 g/mol. The molecule has 3 aliphatic carbocycles. The van der Waals surface area contributed by atoms with Crippen molar-refractivity contribution in [1.29, 1.82) is 0 Å². The van der Waals surface area contributed by atoms with Gasteiger partial charge < -0.3 is 5.32 Å². The van der Waals surface area contributed by atoms with Crippen molar-refractivity contribution >= 4 is 17.5 Å². The van der Waals surface area contributed by atoms with Crippen LogP contribution < -0.4 is 5.32 Å². The summed E-state index contributed by atoms with van der Waals surface area (Å²) in [5.74, 6) is 2.50. The lowest BCUT2D eigenvalue weighted by molar-refractivity contribution is -0.130. The molecule has 0 saturated heterocycles. The number of carbonyl (C=O) groups excluding carboxylic acids is 1. The Morgan fingerprint density at radius 3 is 2.53 bits per heavy atom. The number of carbonyl (C=O) groups is 1. The molecule has 0 aliphatic heterocycles. The lowest BCUT2D eigenvalue weighted by Crippen LogP contribution is -2.45. The van der Waals surface area contributed by atoms with Gasteiger partial charge in [0.1, 0.15) is 0 Å². The zero-order valence-corrected chi connectivity index (χ0v) is 10.1. The molecule has 3 rings (SSSR count). The summed E-state index contributed by atoms with van der Waals surface area (Å²) in [4.78, 5) is 12.0. The van der Waals surface area contributed by atoms with Crippen LogP contribution in [0.5, 0.6) is 0 Å². The fourth-order valence-electron chi connectivity index (χ4n) is 3.09. The number of rotatable bonds is 3. The Kier molecular flexibility index (Phi) is 3.55. The van der Waals surface area contributed by atoms with Gasteiger partial charge in [0.15, 0.2) is 0 Å². The third kappa shape index (κ3) is 2.47. The van der Waals surface area contributed by atoms with Gasteiger partial charge in [0.2, 0.25) is 5.91 Å². The Labute approximate surface area is 96.8 Å². The van der Waals surface area contributed by atoms with E-state index < -0.39 is 0 Å². The van der Waals surface area contributed by atoms with Crippen LogP contribution in [0, 0.1) is 17.8 Å². The Balaban J connectivity index is 1.90. The van der Waals surface area contributed by atoms with Gasteiger partial charge in [-0.15, -0.1) is 11.6 Å². The van der Waals surface area contributed by atoms with Gasteiger partial charge in [0.05, 0.1) is 0 Å². The maximum Gasteiger partial charge on any atom is 0.223 e. The fraction of sp³-hybridized carbons (Fsp3) is 0.917. The van der Waals surface area contributed by atoms with Crippen molar-refractivity contribution in [2.45, 2.75) is 45.1 Å². The van der Waals surface area contributed by atoms with Crippen LogP contribution in [0.2, 0.25) is 0 Å². The zero-order valence-electron chi connectivity index (χ0n) is 9.34. The molecule has 2 nitrogen and oxygen atoms in total. The summed E-state index contributed by atoms with van der Waals surface area (Å²) in [7, 11) is 0. The molecule has 2 atom stereocenters. The van der Waals surface area contributed by atoms with E-state index in [1.54, 1.807) is 0 Å². The highest BCUT2D eigenvalue weighted by atomic mass is 35.5. The van der Waals surface area contributed by atoms with E-state index in [4.69, 9.17) is 11.6 Å². The second kappa shape index (κ2) is 4.73. The summed E-state index contributed by atoms with van der Waals surface area (Å²) in [5.41, 5.74) is 0. The minimum Gasteiger partial charge on any atom is -0.352 e. The number of nitrogens with one attached hydrogen (secondary N) is 1. The van der Waals surface area contributed by atoms with Crippen molar-refractivity contribution < 1.29 is 4.79 Å². The molecule has 0 aromatic rings. The first kappa shape index (κ1) is 11.3. The number of amides is 1. The average molecular weight is 230 g/mol. The second-order valence-electron chi connectivity index (χ2n) is 5.19. The molecule has 3 heteroatoms. The molecule has 0 radical (unpaired) electrons. The first-order chi connectivity index (χ1) is 7.20. The van der Waals surface area contributed by atoms with Crippen molar-refractivity contribution in [3.63, 3.8) is 0 Å². The molecule has 2 bridgehead atoms. The lowest BCUT2D eigenvalue weighted by Gasteiger charge is -2.41. The van der Waals surface area contributed by atoms with Crippen LogP contribution in [-0.2, 0) is 4.79 Å². The van der Waals surface area contributed by atoms with E-state index in [1.165, 1.54) is 25.7 Å². The molecule has 0 heterocycles. The van der Waals surface area contributed by atoms with Crippen molar-refractivity contribution in [2.75, 3.05) is 5.88 Å². The van der Waals surface area contributed by atoms with Crippen molar-refractivity contribution in [3.05, 3.63) is 0 Å². The molecule has 3 aliphatic rings. The SMILES string of the molecule is CC(CCl)NC(=O)C1CC2CCC1CC2. The highest BCUT2D eigenvalue weighted by Gasteiger charge is 2.39. The Hall–Kier alpha value is -0.240. The number of hydrogen-bond donors (Lipinski definition) is 1. The fourth-order valence-corrected chi connectivity index (χ4v) is 3.16. The molecule has 3 saturated carbocycles. The summed E-state index contributed by atoms with van der Waals surface area (Å²) < 4.78 is 0. The average Bonchev–Trinajstić information content (AvgIpc) is 2.30. The quantitative estimate of drug-likeness (QED) is 0.741. The monoisotopic (exact) mass is 229 g/mol. The summed E-state index contributed by atoms with van der Waals surface area (Å²) in [6.45, 7) is 1.96. The maximum atomic E-state index is 12.0. The number of halogens is 1. The molecule has 0 aromatic heterocycles. The summed E-state index contributed by atoms with van der Waals surface area (Å²) in [6, 6.07) is 0.111. The van der Waals surface area contributed by atoms with Gasteiger partial charge in [-0.1, -0.05) is 12.8 Å². The van der Waals surface area contributed by atoms with E-state index in [2.05, 4.69) is 5.32 Å². The van der Waals surface area contributed by atoms with E-state index >= 15 is 0 Å². The van der Waals surface area contributed by atoms with Gasteiger partial charge in [-0.25, -0.2) is 0 Å². The number of hydrogen-bond acceptors (Lipinski definition) is 1. The molecule has 2 unspecified atom stereocenters. The molecule has 1 amide bonds. The number of fused-ring (bicyclic) bond motifs is 3. The normalized spacial score (nSPS) is 36.3. The maximum absolute atomic E-state index is 12.0.